The van der Waals surface area contributed by atoms with Crippen molar-refractivity contribution in [3.05, 3.63) is 60.8 Å². The molecule has 0 heterocycles. The Morgan fingerprint density at radius 3 is 0.700 bits per heavy atom. The maximum Gasteiger partial charge on any atom is 0.306 e. The summed E-state index contributed by atoms with van der Waals surface area (Å²) in [6.07, 6.45) is 88.4. The molecule has 0 aromatic heterocycles. The molecule has 1 unspecified atom stereocenters. The molecule has 0 bridgehead atoms. The average Bonchev–Trinajstić information content (AvgIpc) is 3.46. The maximum atomic E-state index is 12.9. The van der Waals surface area contributed by atoms with Gasteiger partial charge in [0.15, 0.2) is 6.10 Å². The van der Waals surface area contributed by atoms with Crippen LogP contribution in [0.15, 0.2) is 60.8 Å². The zero-order chi connectivity index (χ0) is 57.8. The molecular weight excluding hydrogens is 985 g/mol. The van der Waals surface area contributed by atoms with Crippen LogP contribution in [0.3, 0.4) is 0 Å². The Bertz CT molecular complexity index is 1430. The lowest BCUT2D eigenvalue weighted by Crippen LogP contribution is -2.30. The van der Waals surface area contributed by atoms with Crippen molar-refractivity contribution >= 4 is 17.9 Å². The molecule has 0 saturated heterocycles. The van der Waals surface area contributed by atoms with Crippen molar-refractivity contribution in [2.45, 2.75) is 380 Å². The molecule has 0 rings (SSSR count). The Labute approximate surface area is 498 Å². The van der Waals surface area contributed by atoms with Crippen LogP contribution in [0.4, 0.5) is 0 Å². The van der Waals surface area contributed by atoms with Gasteiger partial charge in [0.25, 0.3) is 0 Å². The predicted molar refractivity (Wildman–Crippen MR) is 348 cm³/mol. The lowest BCUT2D eigenvalue weighted by Gasteiger charge is -2.18. The highest BCUT2D eigenvalue weighted by molar-refractivity contribution is 5.71. The number of rotatable bonds is 65. The summed E-state index contributed by atoms with van der Waals surface area (Å²) in [7, 11) is 0. The molecule has 0 spiro atoms. The quantitative estimate of drug-likeness (QED) is 0.0261. The van der Waals surface area contributed by atoms with E-state index in [4.69, 9.17) is 14.2 Å². The SMILES string of the molecule is CCCCCCC/C=C\C/C=C\C/C=C\CCCCCCCCCCCCCCCCCCC(=O)OCC(COC(=O)CCCCCCCCCC)OC(=O)CCCCCCCCCCCCC/C=C\C/C=C\CCCCCCC. The van der Waals surface area contributed by atoms with Gasteiger partial charge in [0.05, 0.1) is 0 Å². The Balaban J connectivity index is 4.08. The molecule has 0 N–H and O–H groups in total. The molecule has 0 amide bonds. The molecule has 0 aliphatic carbocycles. The van der Waals surface area contributed by atoms with Gasteiger partial charge < -0.3 is 14.2 Å². The summed E-state index contributed by atoms with van der Waals surface area (Å²) in [5.41, 5.74) is 0. The maximum absolute atomic E-state index is 12.9. The van der Waals surface area contributed by atoms with Gasteiger partial charge in [0.1, 0.15) is 13.2 Å². The van der Waals surface area contributed by atoms with E-state index in [1.54, 1.807) is 0 Å². The van der Waals surface area contributed by atoms with E-state index in [0.29, 0.717) is 19.3 Å². The normalized spacial score (nSPS) is 12.4. The zero-order valence-electron chi connectivity index (χ0n) is 53.6. The van der Waals surface area contributed by atoms with Crippen LogP contribution in [0, 0.1) is 0 Å². The van der Waals surface area contributed by atoms with Gasteiger partial charge in [-0.05, 0) is 89.9 Å². The van der Waals surface area contributed by atoms with Crippen LogP contribution in [0.25, 0.3) is 0 Å². The first kappa shape index (κ1) is 77.1. The third-order valence-corrected chi connectivity index (χ3v) is 15.7. The van der Waals surface area contributed by atoms with Crippen LogP contribution in [0.1, 0.15) is 374 Å². The third kappa shape index (κ3) is 65.9. The first-order valence-electron chi connectivity index (χ1n) is 35.3. The highest BCUT2D eigenvalue weighted by Crippen LogP contribution is 2.18. The van der Waals surface area contributed by atoms with E-state index >= 15 is 0 Å². The second kappa shape index (κ2) is 68.6. The molecule has 0 aliphatic heterocycles. The van der Waals surface area contributed by atoms with Crippen LogP contribution in [0.5, 0.6) is 0 Å². The number of hydrogen-bond acceptors (Lipinski definition) is 6. The van der Waals surface area contributed by atoms with Crippen LogP contribution >= 0.6 is 0 Å². The fraction of sp³-hybridized carbons (Fsp3) is 0.824. The third-order valence-electron chi connectivity index (χ3n) is 15.7. The summed E-state index contributed by atoms with van der Waals surface area (Å²) >= 11 is 0. The van der Waals surface area contributed by atoms with Crippen LogP contribution in [0.2, 0.25) is 0 Å². The van der Waals surface area contributed by atoms with Crippen molar-refractivity contribution in [2.24, 2.45) is 0 Å². The van der Waals surface area contributed by atoms with Crippen molar-refractivity contribution in [3.8, 4) is 0 Å². The molecular formula is C74H134O6. The summed E-state index contributed by atoms with van der Waals surface area (Å²) in [5, 5.41) is 0. The first-order valence-corrected chi connectivity index (χ1v) is 35.3. The van der Waals surface area contributed by atoms with Crippen molar-refractivity contribution in [3.63, 3.8) is 0 Å². The van der Waals surface area contributed by atoms with Crippen LogP contribution in [-0.4, -0.2) is 37.2 Å². The van der Waals surface area contributed by atoms with Crippen molar-refractivity contribution in [1.82, 2.24) is 0 Å². The second-order valence-corrected chi connectivity index (χ2v) is 23.8. The Morgan fingerprint density at radius 2 is 0.450 bits per heavy atom. The van der Waals surface area contributed by atoms with E-state index in [1.165, 1.54) is 257 Å². The fourth-order valence-electron chi connectivity index (χ4n) is 10.4. The summed E-state index contributed by atoms with van der Waals surface area (Å²) in [6.45, 7) is 6.64. The molecule has 1 atom stereocenters. The van der Waals surface area contributed by atoms with E-state index in [0.717, 1.165) is 77.0 Å². The molecule has 0 radical (unpaired) electrons. The van der Waals surface area contributed by atoms with E-state index in [1.807, 2.05) is 0 Å². The van der Waals surface area contributed by atoms with Crippen LogP contribution < -0.4 is 0 Å². The summed E-state index contributed by atoms with van der Waals surface area (Å²) in [6, 6.07) is 0. The van der Waals surface area contributed by atoms with E-state index in [2.05, 4.69) is 81.5 Å². The van der Waals surface area contributed by atoms with Gasteiger partial charge >= 0.3 is 17.9 Å². The van der Waals surface area contributed by atoms with E-state index in [-0.39, 0.29) is 31.1 Å². The summed E-state index contributed by atoms with van der Waals surface area (Å²) in [4.78, 5) is 38.2. The predicted octanol–water partition coefficient (Wildman–Crippen LogP) is 24.3. The number of esters is 3. The standard InChI is InChI=1S/C74H134O6/c1-4-7-10-13-16-19-21-23-25-27-29-31-33-34-35-36-37-38-39-40-42-43-45-47-49-51-53-55-58-61-64-67-73(76)79-70-71(69-78-72(75)66-63-60-57-18-15-12-9-6-3)80-74(77)68-65-62-59-56-54-52-50-48-46-44-41-32-30-28-26-24-22-20-17-14-11-8-5-2/h21-24,27-30,33-34,71H,4-20,25-26,31-32,35-70H2,1-3H3/b23-21-,24-22-,29-27-,30-28-,34-33-. The highest BCUT2D eigenvalue weighted by Gasteiger charge is 2.19. The minimum atomic E-state index is -0.772. The second-order valence-electron chi connectivity index (χ2n) is 23.8. The fourth-order valence-corrected chi connectivity index (χ4v) is 10.4. The molecule has 0 aromatic rings. The van der Waals surface area contributed by atoms with Gasteiger partial charge in [-0.3, -0.25) is 14.4 Å². The smallest absolute Gasteiger partial charge is 0.306 e. The minimum absolute atomic E-state index is 0.0707. The molecule has 0 saturated carbocycles. The number of hydrogen-bond donors (Lipinski definition) is 0. The Morgan fingerprint density at radius 1 is 0.250 bits per heavy atom. The number of allylic oxidation sites excluding steroid dienone is 10. The lowest BCUT2D eigenvalue weighted by molar-refractivity contribution is -0.167. The first-order chi connectivity index (χ1) is 39.5. The molecule has 0 aliphatic rings. The van der Waals surface area contributed by atoms with Gasteiger partial charge in [-0.15, -0.1) is 0 Å². The number of unbranched alkanes of at least 4 members (excludes halogenated alkanes) is 44. The topological polar surface area (TPSA) is 78.9 Å². The molecule has 0 fully saturated rings. The lowest BCUT2D eigenvalue weighted by atomic mass is 10.0. The van der Waals surface area contributed by atoms with Crippen molar-refractivity contribution in [1.29, 1.82) is 0 Å². The molecule has 466 valence electrons. The van der Waals surface area contributed by atoms with Crippen molar-refractivity contribution in [2.75, 3.05) is 13.2 Å². The monoisotopic (exact) mass is 1120 g/mol. The van der Waals surface area contributed by atoms with Crippen LogP contribution in [-0.2, 0) is 28.6 Å². The molecule has 6 nitrogen and oxygen atoms in total. The van der Waals surface area contributed by atoms with Gasteiger partial charge in [0, 0.05) is 19.3 Å². The van der Waals surface area contributed by atoms with E-state index in [9.17, 15) is 14.4 Å². The Kier molecular flexibility index (Phi) is 66.1. The molecule has 0 aromatic carbocycles. The summed E-state index contributed by atoms with van der Waals surface area (Å²) < 4.78 is 16.9. The molecule has 6 heteroatoms. The van der Waals surface area contributed by atoms with Gasteiger partial charge in [-0.25, -0.2) is 0 Å². The number of carbonyl (C=O) groups excluding carboxylic acids is 3. The summed E-state index contributed by atoms with van der Waals surface area (Å²) in [5.74, 6) is -0.856. The largest absolute Gasteiger partial charge is 0.462 e. The van der Waals surface area contributed by atoms with Gasteiger partial charge in [0.2, 0.25) is 0 Å². The van der Waals surface area contributed by atoms with E-state index < -0.39 is 6.10 Å². The van der Waals surface area contributed by atoms with Gasteiger partial charge in [-0.2, -0.15) is 0 Å². The van der Waals surface area contributed by atoms with Crippen molar-refractivity contribution < 1.29 is 28.6 Å². The Hall–Kier alpha value is -2.89. The number of carbonyl (C=O) groups is 3. The highest BCUT2D eigenvalue weighted by atomic mass is 16.6. The minimum Gasteiger partial charge on any atom is -0.462 e. The molecule has 80 heavy (non-hydrogen) atoms. The number of ether oxygens (including phenoxy) is 3. The zero-order valence-corrected chi connectivity index (χ0v) is 53.6. The van der Waals surface area contributed by atoms with Gasteiger partial charge in [-0.1, -0.05) is 326 Å². The average molecular weight is 1120 g/mol.